The Hall–Kier alpha value is -2.00. The number of rotatable bonds is 38. The summed E-state index contributed by atoms with van der Waals surface area (Å²) in [4.78, 5) is 26.1. The first kappa shape index (κ1) is 45.2. The van der Waals surface area contributed by atoms with Gasteiger partial charge in [0, 0.05) is 35.4 Å². The van der Waals surface area contributed by atoms with Gasteiger partial charge in [0.25, 0.3) is 0 Å². The highest BCUT2D eigenvalue weighted by molar-refractivity contribution is 8.00. The van der Waals surface area contributed by atoms with Crippen molar-refractivity contribution in [2.75, 3.05) is 151 Å². The van der Waals surface area contributed by atoms with Crippen LogP contribution in [-0.4, -0.2) is 180 Å². The molecule has 0 unspecified atom stereocenters. The number of amides is 3. The third-order valence-electron chi connectivity index (χ3n) is 7.40. The lowest BCUT2D eigenvalue weighted by atomic mass is 10.0. The Balaban J connectivity index is 1.15. The van der Waals surface area contributed by atoms with Crippen molar-refractivity contribution in [1.29, 1.82) is 0 Å². The number of unbranched alkanes of at least 4 members (excludes halogenated alkanes) is 1. The molecule has 3 amide bonds. The molecule has 2 saturated heterocycles. The van der Waals surface area contributed by atoms with E-state index in [1.807, 2.05) is 11.8 Å². The minimum absolute atomic E-state index is 0.0408. The zero-order chi connectivity index (χ0) is 36.3. The summed E-state index contributed by atoms with van der Waals surface area (Å²) in [6.07, 6.45) is 3.33. The maximum atomic E-state index is 12.0. The number of carbonyl (C=O) groups is 2. The van der Waals surface area contributed by atoms with Crippen molar-refractivity contribution in [2.24, 2.45) is 5.11 Å². The molecule has 0 aromatic carbocycles. The first-order valence-corrected chi connectivity index (χ1v) is 19.0. The Kier molecular flexibility index (Phi) is 29.9. The van der Waals surface area contributed by atoms with Crippen molar-refractivity contribution in [2.45, 2.75) is 43.0 Å². The minimum Gasteiger partial charge on any atom is -0.379 e. The summed E-state index contributed by atoms with van der Waals surface area (Å²) in [6.45, 7) is 10.3. The number of urea groups is 1. The van der Waals surface area contributed by atoms with Crippen LogP contribution in [0.15, 0.2) is 5.11 Å². The number of azide groups is 1. The topological polar surface area (TPSA) is 211 Å². The van der Waals surface area contributed by atoms with Gasteiger partial charge in [-0.2, -0.15) is 11.8 Å². The van der Waals surface area contributed by atoms with E-state index in [0.717, 1.165) is 25.0 Å². The van der Waals surface area contributed by atoms with Crippen molar-refractivity contribution in [1.82, 2.24) is 16.0 Å². The summed E-state index contributed by atoms with van der Waals surface area (Å²) >= 11 is 1.90. The first-order chi connectivity index (χ1) is 25.2. The molecule has 2 heterocycles. The normalized spacial score (nSPS) is 18.0. The maximum Gasteiger partial charge on any atom is 0.315 e. The van der Waals surface area contributed by atoms with Crippen molar-refractivity contribution >= 4 is 23.7 Å². The molecule has 2 rings (SSSR count). The van der Waals surface area contributed by atoms with Crippen LogP contribution in [0.3, 0.4) is 0 Å². The van der Waals surface area contributed by atoms with Crippen LogP contribution in [0.25, 0.3) is 10.4 Å². The molecule has 0 aromatic heterocycles. The van der Waals surface area contributed by atoms with Crippen LogP contribution in [0.5, 0.6) is 0 Å². The van der Waals surface area contributed by atoms with E-state index in [1.165, 1.54) is 0 Å². The highest BCUT2D eigenvalue weighted by Gasteiger charge is 2.42. The number of nitrogens with zero attached hydrogens (tertiary/aromatic N) is 3. The first-order valence-electron chi connectivity index (χ1n) is 17.9. The lowest BCUT2D eigenvalue weighted by Gasteiger charge is -2.16. The second kappa shape index (κ2) is 33.8. The number of fused-ring (bicyclic) bond motifs is 1. The van der Waals surface area contributed by atoms with E-state index in [-0.39, 0.29) is 24.0 Å². The molecule has 0 spiro atoms. The number of thioether (sulfide) groups is 1. The lowest BCUT2D eigenvalue weighted by Crippen LogP contribution is -2.36. The van der Waals surface area contributed by atoms with Gasteiger partial charge >= 0.3 is 6.03 Å². The smallest absolute Gasteiger partial charge is 0.315 e. The Morgan fingerprint density at radius 2 is 1.10 bits per heavy atom. The molecular weight excluding hydrogens is 692 g/mol. The summed E-state index contributed by atoms with van der Waals surface area (Å²) in [5.74, 6) is 0.999. The fourth-order valence-corrected chi connectivity index (χ4v) is 6.40. The molecule has 2 fully saturated rings. The average molecular weight is 753 g/mol. The monoisotopic (exact) mass is 752 g/mol. The zero-order valence-electron chi connectivity index (χ0n) is 30.0. The minimum atomic E-state index is -0.0622. The SMILES string of the molecule is [N-]=[N+]=NCCOCCOCCOCCOCCOCCOCCOCCOCCOCCOCCNC(=O)CCCC[C@@H]1SC[C@@H]2NC(=O)N[C@@H]21. The molecule has 0 bridgehead atoms. The Labute approximate surface area is 305 Å². The Bertz CT molecular complexity index is 911. The fourth-order valence-electron chi connectivity index (χ4n) is 4.86. The Morgan fingerprint density at radius 3 is 1.55 bits per heavy atom. The zero-order valence-corrected chi connectivity index (χ0v) is 30.8. The van der Waals surface area contributed by atoms with Gasteiger partial charge in [-0.15, -0.1) is 0 Å². The highest BCUT2D eigenvalue weighted by Crippen LogP contribution is 2.33. The summed E-state index contributed by atoms with van der Waals surface area (Å²) < 4.78 is 54.4. The fraction of sp³-hybridized carbons (Fsp3) is 0.938. The van der Waals surface area contributed by atoms with Gasteiger partial charge in [-0.1, -0.05) is 11.5 Å². The van der Waals surface area contributed by atoms with E-state index in [1.54, 1.807) is 0 Å². The van der Waals surface area contributed by atoms with E-state index in [9.17, 15) is 9.59 Å². The molecule has 296 valence electrons. The van der Waals surface area contributed by atoms with Gasteiger partial charge in [0.1, 0.15) is 0 Å². The summed E-state index contributed by atoms with van der Waals surface area (Å²) in [6, 6.07) is 0.403. The van der Waals surface area contributed by atoms with Gasteiger partial charge in [0.05, 0.1) is 144 Å². The third-order valence-corrected chi connectivity index (χ3v) is 8.90. The number of ether oxygens (including phenoxy) is 10. The van der Waals surface area contributed by atoms with Gasteiger partial charge in [0.15, 0.2) is 0 Å². The molecular formula is C32H60N6O12S. The van der Waals surface area contributed by atoms with Crippen LogP contribution in [-0.2, 0) is 52.2 Å². The van der Waals surface area contributed by atoms with E-state index in [0.29, 0.717) is 157 Å². The lowest BCUT2D eigenvalue weighted by molar-refractivity contribution is -0.121. The van der Waals surface area contributed by atoms with Gasteiger partial charge in [-0.25, -0.2) is 4.79 Å². The van der Waals surface area contributed by atoms with Crippen LogP contribution in [0.2, 0.25) is 0 Å². The molecule has 18 nitrogen and oxygen atoms in total. The number of nitrogens with one attached hydrogen (secondary N) is 3. The van der Waals surface area contributed by atoms with Gasteiger partial charge < -0.3 is 63.3 Å². The van der Waals surface area contributed by atoms with E-state index in [2.05, 4.69) is 26.0 Å². The molecule has 0 saturated carbocycles. The Morgan fingerprint density at radius 1 is 0.667 bits per heavy atom. The summed E-state index contributed by atoms with van der Waals surface area (Å²) in [5, 5.41) is 12.6. The predicted molar refractivity (Wildman–Crippen MR) is 189 cm³/mol. The van der Waals surface area contributed by atoms with Crippen LogP contribution in [0.4, 0.5) is 4.79 Å². The molecule has 51 heavy (non-hydrogen) atoms. The molecule has 2 aliphatic heterocycles. The van der Waals surface area contributed by atoms with Crippen molar-refractivity contribution in [3.05, 3.63) is 10.4 Å². The molecule has 19 heteroatoms. The number of hydrogen-bond acceptors (Lipinski definition) is 14. The van der Waals surface area contributed by atoms with Crippen LogP contribution in [0.1, 0.15) is 25.7 Å². The van der Waals surface area contributed by atoms with Crippen LogP contribution < -0.4 is 16.0 Å². The summed E-state index contributed by atoms with van der Waals surface area (Å²) in [7, 11) is 0. The van der Waals surface area contributed by atoms with E-state index >= 15 is 0 Å². The molecule has 0 radical (unpaired) electrons. The molecule has 3 atom stereocenters. The van der Waals surface area contributed by atoms with Gasteiger partial charge in [-0.05, 0) is 18.4 Å². The molecule has 0 aliphatic carbocycles. The summed E-state index contributed by atoms with van der Waals surface area (Å²) in [5.41, 5.74) is 8.14. The number of hydrogen-bond donors (Lipinski definition) is 3. The second-order valence-corrected chi connectivity index (χ2v) is 12.6. The largest absolute Gasteiger partial charge is 0.379 e. The third kappa shape index (κ3) is 26.4. The predicted octanol–water partition coefficient (Wildman–Crippen LogP) is 1.30. The molecule has 0 aromatic rings. The van der Waals surface area contributed by atoms with Crippen molar-refractivity contribution in [3.8, 4) is 0 Å². The highest BCUT2D eigenvalue weighted by atomic mass is 32.2. The maximum absolute atomic E-state index is 12.0. The van der Waals surface area contributed by atoms with Crippen molar-refractivity contribution in [3.63, 3.8) is 0 Å². The van der Waals surface area contributed by atoms with Gasteiger partial charge in [-0.3, -0.25) is 4.79 Å². The van der Waals surface area contributed by atoms with E-state index in [4.69, 9.17) is 52.9 Å². The van der Waals surface area contributed by atoms with Gasteiger partial charge in [0.2, 0.25) is 5.91 Å². The number of carbonyl (C=O) groups excluding carboxylic acids is 2. The molecule has 2 aliphatic rings. The standard InChI is InChI=1S/C32H60N6O12S/c33-38-35-6-8-42-10-12-44-14-16-46-18-20-48-22-24-50-26-25-49-23-21-47-19-17-45-15-13-43-11-9-41-7-5-34-30(39)4-2-1-3-29-31-28(27-51-29)36-32(40)37-31/h28-29,31H,1-27H2,(H,34,39)(H2,36,37,40)/t28-,29-,31-/m0/s1. The molecule has 3 N–H and O–H groups in total. The van der Waals surface area contributed by atoms with Crippen molar-refractivity contribution < 1.29 is 57.0 Å². The second-order valence-electron chi connectivity index (χ2n) is 11.3. The quantitative estimate of drug-likeness (QED) is 0.0267. The van der Waals surface area contributed by atoms with Crippen LogP contribution >= 0.6 is 11.8 Å². The average Bonchev–Trinajstić information content (AvgIpc) is 3.69. The van der Waals surface area contributed by atoms with E-state index < -0.39 is 0 Å². The van der Waals surface area contributed by atoms with Crippen LogP contribution in [0, 0.1) is 0 Å².